The number of rotatable bonds is 3. The molecule has 1 aliphatic carbocycles. The molecule has 3 heterocycles. The number of aromatic nitrogens is 4. The molecule has 1 amide bonds. The van der Waals surface area contributed by atoms with Crippen molar-refractivity contribution in [3.63, 3.8) is 0 Å². The number of hydrogen-bond acceptors (Lipinski definition) is 3. The maximum atomic E-state index is 13.1. The van der Waals surface area contributed by atoms with Gasteiger partial charge in [-0.3, -0.25) is 9.48 Å². The first-order valence-corrected chi connectivity index (χ1v) is 9.47. The van der Waals surface area contributed by atoms with Gasteiger partial charge in [-0.15, -0.1) is 0 Å². The summed E-state index contributed by atoms with van der Waals surface area (Å²) in [6.45, 7) is 1.52. The van der Waals surface area contributed by atoms with Crippen molar-refractivity contribution in [1.82, 2.24) is 24.6 Å². The average Bonchev–Trinajstić information content (AvgIpc) is 3.31. The molecule has 1 saturated carbocycles. The van der Waals surface area contributed by atoms with E-state index in [2.05, 4.69) is 10.1 Å². The highest BCUT2D eigenvalue weighted by atomic mass is 16.2. The summed E-state index contributed by atoms with van der Waals surface area (Å²) in [5, 5.41) is 4.55. The van der Waals surface area contributed by atoms with Gasteiger partial charge in [0.1, 0.15) is 11.5 Å². The summed E-state index contributed by atoms with van der Waals surface area (Å²) in [7, 11) is 1.87. The number of fused-ring (bicyclic) bond motifs is 1. The Labute approximate surface area is 152 Å². The Morgan fingerprint density at radius 3 is 2.85 bits per heavy atom. The Bertz CT molecular complexity index is 935. The van der Waals surface area contributed by atoms with Gasteiger partial charge in [-0.05, 0) is 43.9 Å². The Morgan fingerprint density at radius 1 is 1.19 bits per heavy atom. The second kappa shape index (κ2) is 5.97. The second-order valence-corrected chi connectivity index (χ2v) is 7.58. The molecule has 1 aromatic carbocycles. The van der Waals surface area contributed by atoms with E-state index in [0.29, 0.717) is 18.2 Å². The Kier molecular flexibility index (Phi) is 3.58. The van der Waals surface area contributed by atoms with Crippen LogP contribution in [0.15, 0.2) is 30.3 Å². The first-order chi connectivity index (χ1) is 12.7. The summed E-state index contributed by atoms with van der Waals surface area (Å²) in [5.41, 5.74) is 3.83. The lowest BCUT2D eigenvalue weighted by Crippen LogP contribution is -2.40. The van der Waals surface area contributed by atoms with Crippen LogP contribution in [0.3, 0.4) is 0 Å². The molecule has 2 aromatic heterocycles. The van der Waals surface area contributed by atoms with Gasteiger partial charge in [0.2, 0.25) is 0 Å². The molecule has 6 heteroatoms. The first-order valence-electron chi connectivity index (χ1n) is 9.47. The quantitative estimate of drug-likeness (QED) is 0.790. The highest BCUT2D eigenvalue weighted by Crippen LogP contribution is 2.39. The molecule has 26 heavy (non-hydrogen) atoms. The number of amides is 1. The minimum absolute atomic E-state index is 0.0905. The van der Waals surface area contributed by atoms with Crippen LogP contribution in [0.25, 0.3) is 11.0 Å². The van der Waals surface area contributed by atoms with Gasteiger partial charge >= 0.3 is 0 Å². The largest absolute Gasteiger partial charge is 0.342 e. The molecular weight excluding hydrogens is 326 g/mol. The molecule has 134 valence electrons. The Hall–Kier alpha value is -2.63. The molecule has 0 radical (unpaired) electrons. The van der Waals surface area contributed by atoms with E-state index in [4.69, 9.17) is 4.98 Å². The molecule has 1 N–H and O–H groups in total. The summed E-state index contributed by atoms with van der Waals surface area (Å²) < 4.78 is 1.75. The lowest BCUT2D eigenvalue weighted by Gasteiger charge is -2.31. The fourth-order valence-electron chi connectivity index (χ4n) is 3.98. The zero-order valence-electron chi connectivity index (χ0n) is 15.0. The summed E-state index contributed by atoms with van der Waals surface area (Å²) >= 11 is 0. The third kappa shape index (κ3) is 2.69. The molecule has 5 rings (SSSR count). The van der Waals surface area contributed by atoms with Crippen molar-refractivity contribution in [2.24, 2.45) is 7.05 Å². The lowest BCUT2D eigenvalue weighted by atomic mass is 9.97. The summed E-state index contributed by atoms with van der Waals surface area (Å²) in [6.07, 6.45) is 4.45. The monoisotopic (exact) mass is 349 g/mol. The molecule has 3 aromatic rings. The number of nitrogens with one attached hydrogen (secondary N) is 1. The van der Waals surface area contributed by atoms with E-state index < -0.39 is 0 Å². The molecule has 2 aliphatic rings. The van der Waals surface area contributed by atoms with Crippen molar-refractivity contribution in [2.45, 2.75) is 37.5 Å². The standard InChI is InChI=1S/C20H23N5O/c1-24-18(11-17(23-24)13-8-9-13)20(26)25-10-4-5-14(12-25)19-21-15-6-2-3-7-16(15)22-19/h2-3,6-7,11,13-14H,4-5,8-10,12H2,1H3,(H,21,22). The maximum absolute atomic E-state index is 13.1. The van der Waals surface area contributed by atoms with Crippen molar-refractivity contribution in [1.29, 1.82) is 0 Å². The van der Waals surface area contributed by atoms with Gasteiger partial charge in [-0.25, -0.2) is 4.98 Å². The van der Waals surface area contributed by atoms with E-state index >= 15 is 0 Å². The number of carbonyl (C=O) groups is 1. The predicted molar refractivity (Wildman–Crippen MR) is 99.2 cm³/mol. The molecule has 2 fully saturated rings. The van der Waals surface area contributed by atoms with E-state index in [0.717, 1.165) is 41.9 Å². The van der Waals surface area contributed by atoms with Gasteiger partial charge in [-0.2, -0.15) is 5.10 Å². The van der Waals surface area contributed by atoms with Gasteiger partial charge in [0.25, 0.3) is 5.91 Å². The fourth-order valence-corrected chi connectivity index (χ4v) is 3.98. The van der Waals surface area contributed by atoms with Crippen molar-refractivity contribution in [2.75, 3.05) is 13.1 Å². The van der Waals surface area contributed by atoms with Crippen LogP contribution in [0.1, 0.15) is 59.5 Å². The number of H-pyrrole nitrogens is 1. The number of aryl methyl sites for hydroxylation is 1. The van der Waals surface area contributed by atoms with Gasteiger partial charge in [0.05, 0.1) is 16.7 Å². The number of para-hydroxylation sites is 2. The minimum atomic E-state index is 0.0905. The van der Waals surface area contributed by atoms with E-state index in [9.17, 15) is 4.79 Å². The van der Waals surface area contributed by atoms with Gasteiger partial charge < -0.3 is 9.88 Å². The van der Waals surface area contributed by atoms with Crippen LogP contribution in [0.5, 0.6) is 0 Å². The summed E-state index contributed by atoms with van der Waals surface area (Å²) in [4.78, 5) is 23.2. The predicted octanol–water partition coefficient (Wildman–Crippen LogP) is 3.19. The molecule has 1 aliphatic heterocycles. The summed E-state index contributed by atoms with van der Waals surface area (Å²) in [5.74, 6) is 1.91. The maximum Gasteiger partial charge on any atom is 0.272 e. The zero-order valence-corrected chi connectivity index (χ0v) is 15.0. The number of carbonyl (C=O) groups excluding carboxylic acids is 1. The van der Waals surface area contributed by atoms with Crippen LogP contribution in [0.4, 0.5) is 0 Å². The smallest absolute Gasteiger partial charge is 0.272 e. The SMILES string of the molecule is Cn1nc(C2CC2)cc1C(=O)N1CCCC(c2nc3ccccc3[nH]2)C1. The van der Waals surface area contributed by atoms with Crippen LogP contribution < -0.4 is 0 Å². The third-order valence-corrected chi connectivity index (χ3v) is 5.62. The molecule has 1 atom stereocenters. The van der Waals surface area contributed by atoms with Gasteiger partial charge in [-0.1, -0.05) is 12.1 Å². The number of piperidine rings is 1. The van der Waals surface area contributed by atoms with Crippen LogP contribution in [0.2, 0.25) is 0 Å². The minimum Gasteiger partial charge on any atom is -0.342 e. The van der Waals surface area contributed by atoms with E-state index in [-0.39, 0.29) is 11.8 Å². The molecular formula is C20H23N5O. The number of hydrogen-bond donors (Lipinski definition) is 1. The summed E-state index contributed by atoms with van der Waals surface area (Å²) in [6, 6.07) is 10.1. The number of aromatic amines is 1. The molecule has 0 spiro atoms. The normalized spacial score (nSPS) is 20.7. The molecule has 1 unspecified atom stereocenters. The number of likely N-dealkylation sites (tertiary alicyclic amines) is 1. The fraction of sp³-hybridized carbons (Fsp3) is 0.450. The molecule has 0 bridgehead atoms. The highest BCUT2D eigenvalue weighted by molar-refractivity contribution is 5.93. The van der Waals surface area contributed by atoms with E-state index in [1.165, 1.54) is 12.8 Å². The molecule has 6 nitrogen and oxygen atoms in total. The first kappa shape index (κ1) is 15.6. The van der Waals surface area contributed by atoms with E-state index in [1.54, 1.807) is 4.68 Å². The van der Waals surface area contributed by atoms with Crippen LogP contribution >= 0.6 is 0 Å². The van der Waals surface area contributed by atoms with Crippen molar-refractivity contribution in [3.8, 4) is 0 Å². The Morgan fingerprint density at radius 2 is 2.04 bits per heavy atom. The highest BCUT2D eigenvalue weighted by Gasteiger charge is 2.31. The topological polar surface area (TPSA) is 66.8 Å². The number of nitrogens with zero attached hydrogens (tertiary/aromatic N) is 4. The Balaban J connectivity index is 1.37. The second-order valence-electron chi connectivity index (χ2n) is 7.58. The molecule has 1 saturated heterocycles. The van der Waals surface area contributed by atoms with Crippen molar-refractivity contribution in [3.05, 3.63) is 47.5 Å². The average molecular weight is 349 g/mol. The van der Waals surface area contributed by atoms with Crippen molar-refractivity contribution >= 4 is 16.9 Å². The zero-order chi connectivity index (χ0) is 17.7. The van der Waals surface area contributed by atoms with E-state index in [1.807, 2.05) is 42.3 Å². The van der Waals surface area contributed by atoms with Crippen LogP contribution in [0, 0.1) is 0 Å². The van der Waals surface area contributed by atoms with Crippen molar-refractivity contribution < 1.29 is 4.79 Å². The van der Waals surface area contributed by atoms with Gasteiger partial charge in [0.15, 0.2) is 0 Å². The van der Waals surface area contributed by atoms with Gasteiger partial charge in [0, 0.05) is 32.0 Å². The number of benzene rings is 1. The number of imidazole rings is 1. The van der Waals surface area contributed by atoms with Crippen LogP contribution in [-0.2, 0) is 7.05 Å². The third-order valence-electron chi connectivity index (χ3n) is 5.62. The lowest BCUT2D eigenvalue weighted by molar-refractivity contribution is 0.0693. The van der Waals surface area contributed by atoms with Crippen LogP contribution in [-0.4, -0.2) is 43.6 Å².